The molecule has 3 aromatic rings. The van der Waals surface area contributed by atoms with Crippen molar-refractivity contribution in [2.24, 2.45) is 0 Å². The lowest BCUT2D eigenvalue weighted by Crippen LogP contribution is -2.48. The van der Waals surface area contributed by atoms with Gasteiger partial charge in [0.25, 0.3) is 0 Å². The van der Waals surface area contributed by atoms with Crippen molar-refractivity contribution >= 4 is 34.3 Å². The average molecular weight is 427 g/mol. The predicted molar refractivity (Wildman–Crippen MR) is 121 cm³/mol. The molecule has 0 radical (unpaired) electrons. The maximum Gasteiger partial charge on any atom is 0.119 e. The van der Waals surface area contributed by atoms with Crippen LogP contribution < -0.4 is 15.2 Å². The standard InChI is InChI=1S/C23H23ClN2O2S/c1-23(2,27)22-14-19(26(25-22)18-10-5-4-9-17(18)24)21-12-11-20(29-21)15-7-6-8-16(13-15)28-3/h4-14,22,25,27H,1-3H3. The van der Waals surface area contributed by atoms with Crippen LogP contribution in [0.5, 0.6) is 5.75 Å². The molecule has 2 N–H and O–H groups in total. The molecule has 0 amide bonds. The lowest BCUT2D eigenvalue weighted by Gasteiger charge is -2.29. The molecule has 4 nitrogen and oxygen atoms in total. The third-order valence-electron chi connectivity index (χ3n) is 4.90. The van der Waals surface area contributed by atoms with Crippen LogP contribution in [0, 0.1) is 0 Å². The Bertz CT molecular complexity index is 1050. The van der Waals surface area contributed by atoms with Crippen molar-refractivity contribution in [3.05, 3.63) is 76.6 Å². The van der Waals surface area contributed by atoms with E-state index in [1.165, 1.54) is 0 Å². The summed E-state index contributed by atoms with van der Waals surface area (Å²) < 4.78 is 5.36. The first-order valence-corrected chi connectivity index (χ1v) is 10.6. The number of nitrogens with one attached hydrogen (secondary N) is 1. The van der Waals surface area contributed by atoms with Crippen molar-refractivity contribution < 1.29 is 9.84 Å². The molecule has 0 fully saturated rings. The summed E-state index contributed by atoms with van der Waals surface area (Å²) in [4.78, 5) is 2.23. The molecule has 1 unspecified atom stereocenters. The highest BCUT2D eigenvalue weighted by molar-refractivity contribution is 7.16. The first-order chi connectivity index (χ1) is 13.9. The van der Waals surface area contributed by atoms with Crippen LogP contribution >= 0.6 is 22.9 Å². The zero-order valence-electron chi connectivity index (χ0n) is 16.5. The highest BCUT2D eigenvalue weighted by atomic mass is 35.5. The number of thiophene rings is 1. The van der Waals surface area contributed by atoms with E-state index in [4.69, 9.17) is 16.3 Å². The highest BCUT2D eigenvalue weighted by Gasteiger charge is 2.35. The van der Waals surface area contributed by atoms with Gasteiger partial charge in [0.05, 0.1) is 40.0 Å². The Morgan fingerprint density at radius 3 is 2.55 bits per heavy atom. The number of hydrazine groups is 1. The van der Waals surface area contributed by atoms with Crippen LogP contribution in [-0.4, -0.2) is 23.9 Å². The number of anilines is 1. The maximum absolute atomic E-state index is 10.6. The summed E-state index contributed by atoms with van der Waals surface area (Å²) in [5, 5.41) is 13.2. The van der Waals surface area contributed by atoms with Crippen molar-refractivity contribution in [2.45, 2.75) is 25.5 Å². The lowest BCUT2D eigenvalue weighted by atomic mass is 9.99. The van der Waals surface area contributed by atoms with Crippen LogP contribution in [0.15, 0.2) is 66.7 Å². The van der Waals surface area contributed by atoms with Gasteiger partial charge in [0, 0.05) is 4.88 Å². The van der Waals surface area contributed by atoms with Crippen LogP contribution in [0.2, 0.25) is 5.02 Å². The lowest BCUT2D eigenvalue weighted by molar-refractivity contribution is 0.0573. The normalized spacial score (nSPS) is 16.8. The number of methoxy groups -OCH3 is 1. The molecule has 0 saturated carbocycles. The summed E-state index contributed by atoms with van der Waals surface area (Å²) in [5.41, 5.74) is 5.41. The van der Waals surface area contributed by atoms with Gasteiger partial charge in [-0.25, -0.2) is 5.43 Å². The predicted octanol–water partition coefficient (Wildman–Crippen LogP) is 5.58. The Balaban J connectivity index is 1.74. The van der Waals surface area contributed by atoms with E-state index in [1.807, 2.05) is 47.5 Å². The molecule has 0 bridgehead atoms. The Morgan fingerprint density at radius 2 is 1.83 bits per heavy atom. The van der Waals surface area contributed by atoms with Gasteiger partial charge >= 0.3 is 0 Å². The van der Waals surface area contributed by atoms with E-state index in [9.17, 15) is 5.11 Å². The van der Waals surface area contributed by atoms with Crippen LogP contribution in [0.4, 0.5) is 5.69 Å². The second-order valence-corrected chi connectivity index (χ2v) is 8.99. The minimum Gasteiger partial charge on any atom is -0.497 e. The average Bonchev–Trinajstić information content (AvgIpc) is 3.35. The molecule has 2 aromatic carbocycles. The summed E-state index contributed by atoms with van der Waals surface area (Å²) in [6.45, 7) is 3.59. The summed E-state index contributed by atoms with van der Waals surface area (Å²) >= 11 is 8.16. The zero-order valence-corrected chi connectivity index (χ0v) is 18.1. The highest BCUT2D eigenvalue weighted by Crippen LogP contribution is 2.40. The van der Waals surface area contributed by atoms with Crippen molar-refractivity contribution in [3.8, 4) is 16.2 Å². The minimum atomic E-state index is -0.922. The fourth-order valence-corrected chi connectivity index (χ4v) is 4.51. The van der Waals surface area contributed by atoms with Crippen LogP contribution in [-0.2, 0) is 0 Å². The number of aliphatic hydroxyl groups is 1. The summed E-state index contributed by atoms with van der Waals surface area (Å²) in [6.07, 6.45) is 2.06. The first-order valence-electron chi connectivity index (χ1n) is 9.36. The molecule has 1 aliphatic rings. The van der Waals surface area contributed by atoms with E-state index in [2.05, 4.69) is 29.7 Å². The van der Waals surface area contributed by atoms with Crippen LogP contribution in [0.25, 0.3) is 16.1 Å². The smallest absolute Gasteiger partial charge is 0.119 e. The quantitative estimate of drug-likeness (QED) is 0.558. The number of hydrogen-bond donors (Lipinski definition) is 2. The van der Waals surface area contributed by atoms with E-state index in [0.29, 0.717) is 5.02 Å². The topological polar surface area (TPSA) is 44.7 Å². The fraction of sp³-hybridized carbons (Fsp3) is 0.217. The molecule has 1 aliphatic heterocycles. The van der Waals surface area contributed by atoms with Crippen molar-refractivity contribution in [2.75, 3.05) is 12.1 Å². The monoisotopic (exact) mass is 426 g/mol. The Hall–Kier alpha value is -2.31. The zero-order chi connectivity index (χ0) is 20.6. The fourth-order valence-electron chi connectivity index (χ4n) is 3.27. The molecule has 0 spiro atoms. The van der Waals surface area contributed by atoms with E-state index < -0.39 is 5.60 Å². The molecule has 6 heteroatoms. The van der Waals surface area contributed by atoms with Crippen LogP contribution in [0.3, 0.4) is 0 Å². The molecule has 2 heterocycles. The van der Waals surface area contributed by atoms with Gasteiger partial charge in [-0.2, -0.15) is 0 Å². The maximum atomic E-state index is 10.6. The Kier molecular flexibility index (Phi) is 5.40. The Morgan fingerprint density at radius 1 is 1.07 bits per heavy atom. The van der Waals surface area contributed by atoms with Gasteiger partial charge in [-0.05, 0) is 61.9 Å². The van der Waals surface area contributed by atoms with Crippen molar-refractivity contribution in [3.63, 3.8) is 0 Å². The summed E-state index contributed by atoms with van der Waals surface area (Å²) in [5.74, 6) is 0.832. The molecule has 4 rings (SSSR count). The van der Waals surface area contributed by atoms with Gasteiger partial charge in [-0.15, -0.1) is 11.3 Å². The summed E-state index contributed by atoms with van der Waals surface area (Å²) in [7, 11) is 1.67. The second kappa shape index (κ2) is 7.84. The first kappa shape index (κ1) is 20.0. The van der Waals surface area contributed by atoms with Crippen molar-refractivity contribution in [1.29, 1.82) is 0 Å². The Labute approximate surface area is 180 Å². The SMILES string of the molecule is COc1cccc(-c2ccc(C3=CC(C(C)(C)O)NN3c3ccccc3Cl)s2)c1. The molecule has 0 saturated heterocycles. The molecular formula is C23H23ClN2O2S. The number of nitrogens with zero attached hydrogens (tertiary/aromatic N) is 1. The molecule has 1 aromatic heterocycles. The molecular weight excluding hydrogens is 404 g/mol. The van der Waals surface area contributed by atoms with Gasteiger partial charge in [-0.3, -0.25) is 5.01 Å². The van der Waals surface area contributed by atoms with Gasteiger partial charge in [-0.1, -0.05) is 35.9 Å². The van der Waals surface area contributed by atoms with E-state index >= 15 is 0 Å². The molecule has 29 heavy (non-hydrogen) atoms. The van der Waals surface area contributed by atoms with Gasteiger partial charge in [0.15, 0.2) is 0 Å². The number of benzene rings is 2. The van der Waals surface area contributed by atoms with Crippen LogP contribution in [0.1, 0.15) is 18.7 Å². The van der Waals surface area contributed by atoms with Gasteiger partial charge in [0.1, 0.15) is 5.75 Å². The van der Waals surface area contributed by atoms with E-state index in [0.717, 1.165) is 32.5 Å². The number of hydrogen-bond acceptors (Lipinski definition) is 5. The molecule has 1 atom stereocenters. The number of ether oxygens (including phenoxy) is 1. The number of halogens is 1. The number of rotatable bonds is 5. The van der Waals surface area contributed by atoms with E-state index in [-0.39, 0.29) is 6.04 Å². The second-order valence-electron chi connectivity index (χ2n) is 7.50. The van der Waals surface area contributed by atoms with Gasteiger partial charge < -0.3 is 9.84 Å². The van der Waals surface area contributed by atoms with Crippen molar-refractivity contribution in [1.82, 2.24) is 5.43 Å². The molecule has 150 valence electrons. The third-order valence-corrected chi connectivity index (χ3v) is 6.38. The molecule has 0 aliphatic carbocycles. The third kappa shape index (κ3) is 4.05. The number of para-hydroxylation sites is 1. The summed E-state index contributed by atoms with van der Waals surface area (Å²) in [6, 6.07) is 19.7. The van der Waals surface area contributed by atoms with E-state index in [1.54, 1.807) is 32.3 Å². The van der Waals surface area contributed by atoms with Gasteiger partial charge in [0.2, 0.25) is 0 Å². The largest absolute Gasteiger partial charge is 0.497 e. The minimum absolute atomic E-state index is 0.240.